The molecule has 0 aliphatic carbocycles. The number of carbonyl (C=O) groups excluding carboxylic acids is 1. The molecule has 5 heteroatoms. The molecule has 0 fully saturated rings. The maximum absolute atomic E-state index is 12.1. The van der Waals surface area contributed by atoms with Crippen LogP contribution in [0, 0.1) is 6.92 Å². The first-order valence-corrected chi connectivity index (χ1v) is 6.81. The Bertz CT molecular complexity index is 600. The summed E-state index contributed by atoms with van der Waals surface area (Å²) in [4.78, 5) is 16.3. The number of para-hydroxylation sites is 1. The van der Waals surface area contributed by atoms with Gasteiger partial charge >= 0.3 is 0 Å². The summed E-state index contributed by atoms with van der Waals surface area (Å²) in [6.45, 7) is 2.73. The van der Waals surface area contributed by atoms with Crippen molar-refractivity contribution in [2.45, 2.75) is 6.92 Å². The lowest BCUT2D eigenvalue weighted by atomic mass is 10.2. The molecule has 110 valence electrons. The summed E-state index contributed by atoms with van der Waals surface area (Å²) >= 11 is 0. The highest BCUT2D eigenvalue weighted by Crippen LogP contribution is 2.10. The van der Waals surface area contributed by atoms with E-state index in [9.17, 15) is 4.79 Å². The van der Waals surface area contributed by atoms with Gasteiger partial charge < -0.3 is 15.4 Å². The number of pyridine rings is 1. The number of amides is 1. The molecule has 0 aliphatic rings. The second-order valence-corrected chi connectivity index (χ2v) is 4.55. The Morgan fingerprint density at radius 3 is 2.71 bits per heavy atom. The second-order valence-electron chi connectivity index (χ2n) is 4.55. The van der Waals surface area contributed by atoms with Gasteiger partial charge in [0, 0.05) is 18.3 Å². The number of nitrogens with one attached hydrogen (secondary N) is 2. The van der Waals surface area contributed by atoms with E-state index in [1.807, 2.05) is 37.3 Å². The Kier molecular flexibility index (Phi) is 5.15. The Morgan fingerprint density at radius 2 is 2.00 bits per heavy atom. The summed E-state index contributed by atoms with van der Waals surface area (Å²) in [5.74, 6) is 1.35. The first kappa shape index (κ1) is 14.8. The molecule has 1 heterocycles. The standard InChI is InChI=1S/C16H19N3O2/c1-12-10-13(11-15(17-2)19-12)16(20)18-8-9-21-14-6-4-3-5-7-14/h3-7,10-11H,8-9H2,1-2H3,(H,17,19)(H,18,20). The van der Waals surface area contributed by atoms with Gasteiger partial charge in [-0.05, 0) is 31.2 Å². The van der Waals surface area contributed by atoms with Gasteiger partial charge in [0.2, 0.25) is 0 Å². The Morgan fingerprint density at radius 1 is 1.24 bits per heavy atom. The maximum Gasteiger partial charge on any atom is 0.251 e. The van der Waals surface area contributed by atoms with Crippen molar-refractivity contribution in [3.05, 3.63) is 53.7 Å². The molecule has 1 aromatic heterocycles. The van der Waals surface area contributed by atoms with Crippen LogP contribution in [-0.2, 0) is 0 Å². The third kappa shape index (κ3) is 4.49. The lowest BCUT2D eigenvalue weighted by Gasteiger charge is -2.09. The van der Waals surface area contributed by atoms with Crippen molar-refractivity contribution in [2.75, 3.05) is 25.5 Å². The molecular formula is C16H19N3O2. The van der Waals surface area contributed by atoms with Crippen molar-refractivity contribution >= 4 is 11.7 Å². The zero-order valence-corrected chi connectivity index (χ0v) is 12.2. The predicted molar refractivity (Wildman–Crippen MR) is 82.8 cm³/mol. The fraction of sp³-hybridized carbons (Fsp3) is 0.250. The van der Waals surface area contributed by atoms with E-state index in [4.69, 9.17) is 4.74 Å². The molecule has 0 saturated heterocycles. The number of benzene rings is 1. The van der Waals surface area contributed by atoms with Crippen molar-refractivity contribution in [1.82, 2.24) is 10.3 Å². The molecule has 0 saturated carbocycles. The van der Waals surface area contributed by atoms with Crippen LogP contribution in [0.2, 0.25) is 0 Å². The minimum Gasteiger partial charge on any atom is -0.492 e. The number of anilines is 1. The molecule has 21 heavy (non-hydrogen) atoms. The van der Waals surface area contributed by atoms with E-state index in [0.29, 0.717) is 24.5 Å². The Balaban J connectivity index is 1.83. The fourth-order valence-corrected chi connectivity index (χ4v) is 1.88. The number of carbonyl (C=O) groups is 1. The summed E-state index contributed by atoms with van der Waals surface area (Å²) in [7, 11) is 1.77. The van der Waals surface area contributed by atoms with Gasteiger partial charge in [-0.15, -0.1) is 0 Å². The molecule has 0 aliphatic heterocycles. The number of aromatic nitrogens is 1. The summed E-state index contributed by atoms with van der Waals surface area (Å²) < 4.78 is 5.52. The van der Waals surface area contributed by atoms with Gasteiger partial charge in [0.1, 0.15) is 18.2 Å². The molecule has 1 aromatic carbocycles. The number of hydrogen-bond acceptors (Lipinski definition) is 4. The summed E-state index contributed by atoms with van der Waals surface area (Å²) in [5, 5.41) is 5.76. The molecule has 2 rings (SSSR count). The van der Waals surface area contributed by atoms with Crippen LogP contribution in [0.5, 0.6) is 5.75 Å². The van der Waals surface area contributed by atoms with Crippen LogP contribution in [0.15, 0.2) is 42.5 Å². The highest BCUT2D eigenvalue weighted by Gasteiger charge is 2.07. The van der Waals surface area contributed by atoms with Crippen LogP contribution in [-0.4, -0.2) is 31.1 Å². The van der Waals surface area contributed by atoms with E-state index in [0.717, 1.165) is 11.4 Å². The average Bonchev–Trinajstić information content (AvgIpc) is 2.51. The first-order chi connectivity index (χ1) is 10.2. The third-order valence-corrected chi connectivity index (χ3v) is 2.87. The number of nitrogens with zero attached hydrogens (tertiary/aromatic N) is 1. The molecule has 2 aromatic rings. The smallest absolute Gasteiger partial charge is 0.251 e. The molecule has 0 atom stereocenters. The first-order valence-electron chi connectivity index (χ1n) is 6.81. The minimum atomic E-state index is -0.131. The zero-order valence-electron chi connectivity index (χ0n) is 12.2. The van der Waals surface area contributed by atoms with E-state index >= 15 is 0 Å². The van der Waals surface area contributed by atoms with E-state index < -0.39 is 0 Å². The van der Waals surface area contributed by atoms with Gasteiger partial charge in [-0.2, -0.15) is 0 Å². The van der Waals surface area contributed by atoms with Crippen LogP contribution in [0.25, 0.3) is 0 Å². The van der Waals surface area contributed by atoms with Crippen LogP contribution >= 0.6 is 0 Å². The molecule has 5 nitrogen and oxygen atoms in total. The van der Waals surface area contributed by atoms with Crippen LogP contribution < -0.4 is 15.4 Å². The van der Waals surface area contributed by atoms with Gasteiger partial charge in [-0.25, -0.2) is 4.98 Å². The van der Waals surface area contributed by atoms with Crippen molar-refractivity contribution in [1.29, 1.82) is 0 Å². The molecule has 0 spiro atoms. The summed E-state index contributed by atoms with van der Waals surface area (Å²) in [6.07, 6.45) is 0. The fourth-order valence-electron chi connectivity index (χ4n) is 1.88. The van der Waals surface area contributed by atoms with E-state index in [1.54, 1.807) is 19.2 Å². The third-order valence-electron chi connectivity index (χ3n) is 2.87. The van der Waals surface area contributed by atoms with Gasteiger partial charge in [0.05, 0.1) is 6.54 Å². The lowest BCUT2D eigenvalue weighted by Crippen LogP contribution is -2.28. The van der Waals surface area contributed by atoms with Gasteiger partial charge in [-0.3, -0.25) is 4.79 Å². The lowest BCUT2D eigenvalue weighted by molar-refractivity contribution is 0.0947. The van der Waals surface area contributed by atoms with Crippen LogP contribution in [0.3, 0.4) is 0 Å². The molecule has 0 unspecified atom stereocenters. The largest absolute Gasteiger partial charge is 0.492 e. The highest BCUT2D eigenvalue weighted by molar-refractivity contribution is 5.94. The van der Waals surface area contributed by atoms with Crippen molar-refractivity contribution in [3.8, 4) is 5.75 Å². The SMILES string of the molecule is CNc1cc(C(=O)NCCOc2ccccc2)cc(C)n1. The molecule has 0 bridgehead atoms. The van der Waals surface area contributed by atoms with Gasteiger partial charge in [0.25, 0.3) is 5.91 Å². The van der Waals surface area contributed by atoms with Crippen LogP contribution in [0.4, 0.5) is 5.82 Å². The summed E-state index contributed by atoms with van der Waals surface area (Å²) in [5.41, 5.74) is 1.39. The van der Waals surface area contributed by atoms with Crippen LogP contribution in [0.1, 0.15) is 16.1 Å². The van der Waals surface area contributed by atoms with E-state index in [2.05, 4.69) is 15.6 Å². The highest BCUT2D eigenvalue weighted by atomic mass is 16.5. The number of aryl methyl sites for hydroxylation is 1. The normalized spacial score (nSPS) is 10.0. The molecule has 0 radical (unpaired) electrons. The number of rotatable bonds is 6. The van der Waals surface area contributed by atoms with Crippen molar-refractivity contribution in [2.24, 2.45) is 0 Å². The van der Waals surface area contributed by atoms with E-state index in [-0.39, 0.29) is 5.91 Å². The van der Waals surface area contributed by atoms with E-state index in [1.165, 1.54) is 0 Å². The van der Waals surface area contributed by atoms with Gasteiger partial charge in [0.15, 0.2) is 0 Å². The van der Waals surface area contributed by atoms with Crippen molar-refractivity contribution in [3.63, 3.8) is 0 Å². The second kappa shape index (κ2) is 7.28. The maximum atomic E-state index is 12.1. The minimum absolute atomic E-state index is 0.131. The zero-order chi connectivity index (χ0) is 15.1. The Hall–Kier alpha value is -2.56. The topological polar surface area (TPSA) is 63.2 Å². The molecular weight excluding hydrogens is 266 g/mol. The molecule has 2 N–H and O–H groups in total. The number of ether oxygens (including phenoxy) is 1. The van der Waals surface area contributed by atoms with Crippen molar-refractivity contribution < 1.29 is 9.53 Å². The van der Waals surface area contributed by atoms with Gasteiger partial charge in [-0.1, -0.05) is 18.2 Å². The Labute approximate surface area is 124 Å². The predicted octanol–water partition coefficient (Wildman–Crippen LogP) is 2.24. The monoisotopic (exact) mass is 285 g/mol. The molecule has 1 amide bonds. The average molecular weight is 285 g/mol. The quantitative estimate of drug-likeness (QED) is 0.799. The summed E-state index contributed by atoms with van der Waals surface area (Å²) in [6, 6.07) is 13.0. The number of hydrogen-bond donors (Lipinski definition) is 2.